The SMILES string of the molecule is CC(=O)OC(C=O)(C1=CCCC1)C1=CCCC1. The smallest absolute Gasteiger partial charge is 0.304 e. The molecule has 0 heterocycles. The molecule has 2 aliphatic carbocycles. The maximum absolute atomic E-state index is 11.6. The molecule has 0 aliphatic heterocycles. The number of aldehydes is 1. The first kappa shape index (κ1) is 12.1. The molecular formula is C14H18O3. The number of hydrogen-bond donors (Lipinski definition) is 0. The van der Waals surface area contributed by atoms with Gasteiger partial charge in [-0.05, 0) is 49.7 Å². The molecule has 0 aromatic heterocycles. The van der Waals surface area contributed by atoms with Gasteiger partial charge in [-0.15, -0.1) is 0 Å². The molecule has 0 saturated heterocycles. The Morgan fingerprint density at radius 3 is 2.06 bits per heavy atom. The van der Waals surface area contributed by atoms with E-state index >= 15 is 0 Å². The maximum atomic E-state index is 11.6. The molecule has 0 radical (unpaired) electrons. The van der Waals surface area contributed by atoms with Crippen LogP contribution >= 0.6 is 0 Å². The van der Waals surface area contributed by atoms with Gasteiger partial charge in [0.25, 0.3) is 0 Å². The van der Waals surface area contributed by atoms with Crippen molar-refractivity contribution in [2.45, 2.75) is 51.0 Å². The van der Waals surface area contributed by atoms with Crippen LogP contribution in [0.2, 0.25) is 0 Å². The Morgan fingerprint density at radius 2 is 1.76 bits per heavy atom. The van der Waals surface area contributed by atoms with Gasteiger partial charge in [-0.2, -0.15) is 0 Å². The predicted octanol–water partition coefficient (Wildman–Crippen LogP) is 2.71. The van der Waals surface area contributed by atoms with Gasteiger partial charge >= 0.3 is 5.97 Å². The highest BCUT2D eigenvalue weighted by molar-refractivity contribution is 5.80. The van der Waals surface area contributed by atoms with E-state index in [1.165, 1.54) is 6.92 Å². The summed E-state index contributed by atoms with van der Waals surface area (Å²) in [4.78, 5) is 22.9. The Bertz CT molecular complexity index is 366. The lowest BCUT2D eigenvalue weighted by Gasteiger charge is -2.30. The van der Waals surface area contributed by atoms with Crippen LogP contribution in [-0.2, 0) is 14.3 Å². The fourth-order valence-corrected chi connectivity index (χ4v) is 2.76. The van der Waals surface area contributed by atoms with Crippen LogP contribution in [0.5, 0.6) is 0 Å². The molecule has 92 valence electrons. The molecule has 0 amide bonds. The van der Waals surface area contributed by atoms with Gasteiger partial charge in [0.1, 0.15) is 0 Å². The first-order valence-corrected chi connectivity index (χ1v) is 6.24. The van der Waals surface area contributed by atoms with Gasteiger partial charge < -0.3 is 4.74 Å². The molecule has 17 heavy (non-hydrogen) atoms. The van der Waals surface area contributed by atoms with Crippen LogP contribution in [0.1, 0.15) is 45.4 Å². The molecule has 0 unspecified atom stereocenters. The second kappa shape index (κ2) is 4.86. The van der Waals surface area contributed by atoms with E-state index in [9.17, 15) is 9.59 Å². The Morgan fingerprint density at radius 1 is 1.24 bits per heavy atom. The molecule has 3 nitrogen and oxygen atoms in total. The first-order chi connectivity index (χ1) is 8.19. The van der Waals surface area contributed by atoms with Gasteiger partial charge in [0.15, 0.2) is 6.29 Å². The second-order valence-corrected chi connectivity index (χ2v) is 4.69. The average molecular weight is 234 g/mol. The second-order valence-electron chi connectivity index (χ2n) is 4.69. The number of carbonyl (C=O) groups is 2. The van der Waals surface area contributed by atoms with Gasteiger partial charge in [-0.1, -0.05) is 12.2 Å². The standard InChI is InChI=1S/C14H18O3/c1-11(16)17-14(10-15,12-6-2-3-7-12)13-8-4-5-9-13/h6,8,10H,2-5,7,9H2,1H3. The third kappa shape index (κ3) is 2.19. The number of hydrogen-bond acceptors (Lipinski definition) is 3. The molecule has 0 aromatic carbocycles. The Balaban J connectivity index is 2.38. The monoisotopic (exact) mass is 234 g/mol. The lowest BCUT2D eigenvalue weighted by atomic mass is 9.85. The van der Waals surface area contributed by atoms with E-state index in [0.29, 0.717) is 0 Å². The van der Waals surface area contributed by atoms with Crippen LogP contribution in [0, 0.1) is 0 Å². The number of rotatable bonds is 4. The quantitative estimate of drug-likeness (QED) is 0.427. The molecule has 2 aliphatic rings. The molecule has 0 spiro atoms. The van der Waals surface area contributed by atoms with Gasteiger partial charge in [-0.3, -0.25) is 9.59 Å². The van der Waals surface area contributed by atoms with Crippen molar-refractivity contribution in [1.82, 2.24) is 0 Å². The minimum Gasteiger partial charge on any atom is -0.442 e. The third-order valence-electron chi connectivity index (χ3n) is 3.51. The summed E-state index contributed by atoms with van der Waals surface area (Å²) >= 11 is 0. The largest absolute Gasteiger partial charge is 0.442 e. The molecule has 0 bridgehead atoms. The Labute approximate surface area is 102 Å². The van der Waals surface area contributed by atoms with E-state index in [4.69, 9.17) is 4.74 Å². The van der Waals surface area contributed by atoms with Crippen LogP contribution < -0.4 is 0 Å². The van der Waals surface area contributed by atoms with Crippen molar-refractivity contribution in [1.29, 1.82) is 0 Å². The number of esters is 1. The average Bonchev–Trinajstić information content (AvgIpc) is 2.97. The van der Waals surface area contributed by atoms with Crippen molar-refractivity contribution in [2.24, 2.45) is 0 Å². The zero-order valence-electron chi connectivity index (χ0n) is 10.2. The molecule has 0 aromatic rings. The van der Waals surface area contributed by atoms with Gasteiger partial charge in [0.2, 0.25) is 5.60 Å². The topological polar surface area (TPSA) is 43.4 Å². The van der Waals surface area contributed by atoms with E-state index in [2.05, 4.69) is 12.2 Å². The summed E-state index contributed by atoms with van der Waals surface area (Å²) in [5.74, 6) is -0.391. The molecule has 0 N–H and O–H groups in total. The van der Waals surface area contributed by atoms with Crippen molar-refractivity contribution in [3.8, 4) is 0 Å². The summed E-state index contributed by atoms with van der Waals surface area (Å²) in [5.41, 5.74) is 0.852. The van der Waals surface area contributed by atoms with E-state index in [-0.39, 0.29) is 0 Å². The van der Waals surface area contributed by atoms with Gasteiger partial charge in [0.05, 0.1) is 0 Å². The van der Waals surface area contributed by atoms with Gasteiger partial charge in [-0.25, -0.2) is 0 Å². The Kier molecular flexibility index (Phi) is 3.46. The highest BCUT2D eigenvalue weighted by atomic mass is 16.6. The normalized spacial score (nSPS) is 19.8. The molecule has 3 heteroatoms. The van der Waals surface area contributed by atoms with Crippen molar-refractivity contribution in [2.75, 3.05) is 0 Å². The lowest BCUT2D eigenvalue weighted by molar-refractivity contribution is -0.154. The minimum absolute atomic E-state index is 0.391. The highest BCUT2D eigenvalue weighted by Gasteiger charge is 2.42. The summed E-state index contributed by atoms with van der Waals surface area (Å²) in [6, 6.07) is 0. The van der Waals surface area contributed by atoms with Crippen LogP contribution in [-0.4, -0.2) is 17.9 Å². The van der Waals surface area contributed by atoms with Crippen molar-refractivity contribution in [3.05, 3.63) is 23.3 Å². The van der Waals surface area contributed by atoms with E-state index in [1.807, 2.05) is 0 Å². The summed E-state index contributed by atoms with van der Waals surface area (Å²) < 4.78 is 5.41. The fourth-order valence-electron chi connectivity index (χ4n) is 2.76. The Hall–Kier alpha value is -1.38. The fraction of sp³-hybridized carbons (Fsp3) is 0.571. The number of carbonyl (C=O) groups excluding carboxylic acids is 2. The zero-order chi connectivity index (χ0) is 12.3. The van der Waals surface area contributed by atoms with Crippen LogP contribution in [0.25, 0.3) is 0 Å². The van der Waals surface area contributed by atoms with Crippen LogP contribution in [0.4, 0.5) is 0 Å². The lowest BCUT2D eigenvalue weighted by Crippen LogP contribution is -2.39. The minimum atomic E-state index is -1.08. The van der Waals surface area contributed by atoms with Crippen molar-refractivity contribution in [3.63, 3.8) is 0 Å². The molecule has 0 fully saturated rings. The zero-order valence-corrected chi connectivity index (χ0v) is 10.2. The van der Waals surface area contributed by atoms with E-state index in [0.717, 1.165) is 56.0 Å². The van der Waals surface area contributed by atoms with Gasteiger partial charge in [0, 0.05) is 6.92 Å². The number of allylic oxidation sites excluding steroid dienone is 2. The third-order valence-corrected chi connectivity index (χ3v) is 3.51. The highest BCUT2D eigenvalue weighted by Crippen LogP contribution is 2.40. The molecule has 0 saturated carbocycles. The van der Waals surface area contributed by atoms with Crippen LogP contribution in [0.3, 0.4) is 0 Å². The summed E-state index contributed by atoms with van der Waals surface area (Å²) in [6.07, 6.45) is 10.6. The van der Waals surface area contributed by atoms with Crippen molar-refractivity contribution >= 4 is 12.3 Å². The summed E-state index contributed by atoms with van der Waals surface area (Å²) in [7, 11) is 0. The number of ether oxygens (including phenoxy) is 1. The maximum Gasteiger partial charge on any atom is 0.304 e. The molecule has 2 rings (SSSR count). The van der Waals surface area contributed by atoms with Crippen molar-refractivity contribution < 1.29 is 14.3 Å². The predicted molar refractivity (Wildman–Crippen MR) is 64.4 cm³/mol. The summed E-state index contributed by atoms with van der Waals surface area (Å²) in [6.45, 7) is 1.36. The molecular weight excluding hydrogens is 216 g/mol. The first-order valence-electron chi connectivity index (χ1n) is 6.24. The van der Waals surface area contributed by atoms with E-state index < -0.39 is 11.6 Å². The van der Waals surface area contributed by atoms with Crippen LogP contribution in [0.15, 0.2) is 23.3 Å². The summed E-state index contributed by atoms with van der Waals surface area (Å²) in [5, 5.41) is 0. The van der Waals surface area contributed by atoms with E-state index in [1.54, 1.807) is 0 Å². The molecule has 0 atom stereocenters.